The lowest BCUT2D eigenvalue weighted by Gasteiger charge is -2.35. The summed E-state index contributed by atoms with van der Waals surface area (Å²) in [6, 6.07) is 0.987. The van der Waals surface area contributed by atoms with Crippen molar-refractivity contribution in [2.75, 3.05) is 7.05 Å². The van der Waals surface area contributed by atoms with Gasteiger partial charge in [-0.15, -0.1) is 0 Å². The molecule has 9 nitrogen and oxygen atoms in total. The molecule has 4 amide bonds. The van der Waals surface area contributed by atoms with Crippen molar-refractivity contribution in [2.24, 2.45) is 23.7 Å². The van der Waals surface area contributed by atoms with Crippen LogP contribution in [0.2, 0.25) is 0 Å². The first-order valence-corrected chi connectivity index (χ1v) is 18.8. The molecule has 0 saturated heterocycles. The molecule has 4 N–H and O–H groups in total. The zero-order chi connectivity index (χ0) is 31.4. The molecule has 5 aliphatic carbocycles. The Balaban J connectivity index is 0.882. The Hall–Kier alpha value is -2.19. The first kappa shape index (κ1) is 34.2. The van der Waals surface area contributed by atoms with Crippen LogP contribution in [0, 0.1) is 23.7 Å². The standard InChI is InChI=1S/C36H62N4O5/c1-37-35(42)44-32-19-11-27(12-20-32)24-28-13-21-33(22-14-28)45-36(43)40-31-17-9-26(10-18-31)23-25-7-15-30(16-8-25)39-34(41)38-29-5-3-2-4-6-29/h25-33H,2-24H2,1H3,(H,37,42)(H,40,43)(H2,38,39,41). The highest BCUT2D eigenvalue weighted by Crippen LogP contribution is 2.38. The van der Waals surface area contributed by atoms with Crippen molar-refractivity contribution in [3.8, 4) is 0 Å². The predicted octanol–water partition coefficient (Wildman–Crippen LogP) is 7.72. The van der Waals surface area contributed by atoms with E-state index in [1.165, 1.54) is 57.8 Å². The van der Waals surface area contributed by atoms with E-state index in [4.69, 9.17) is 9.47 Å². The van der Waals surface area contributed by atoms with E-state index in [9.17, 15) is 14.4 Å². The van der Waals surface area contributed by atoms with E-state index in [2.05, 4.69) is 21.3 Å². The summed E-state index contributed by atoms with van der Waals surface area (Å²) >= 11 is 0. The van der Waals surface area contributed by atoms with Gasteiger partial charge in [0.1, 0.15) is 12.2 Å². The van der Waals surface area contributed by atoms with E-state index in [0.29, 0.717) is 12.1 Å². The van der Waals surface area contributed by atoms with Gasteiger partial charge in [0.15, 0.2) is 0 Å². The van der Waals surface area contributed by atoms with Crippen molar-refractivity contribution >= 4 is 18.2 Å². The highest BCUT2D eigenvalue weighted by atomic mass is 16.6. The van der Waals surface area contributed by atoms with E-state index < -0.39 is 0 Å². The van der Waals surface area contributed by atoms with Gasteiger partial charge in [0, 0.05) is 25.2 Å². The van der Waals surface area contributed by atoms with E-state index in [-0.39, 0.29) is 36.5 Å². The molecule has 0 aromatic carbocycles. The first-order valence-electron chi connectivity index (χ1n) is 18.8. The molecule has 0 atom stereocenters. The third kappa shape index (κ3) is 11.5. The maximum atomic E-state index is 12.7. The number of urea groups is 1. The maximum absolute atomic E-state index is 12.7. The normalized spacial score (nSPS) is 34.6. The Kier molecular flexibility index (Phi) is 13.4. The maximum Gasteiger partial charge on any atom is 0.407 e. The van der Waals surface area contributed by atoms with Crippen molar-refractivity contribution < 1.29 is 23.9 Å². The van der Waals surface area contributed by atoms with Crippen LogP contribution in [-0.2, 0) is 9.47 Å². The van der Waals surface area contributed by atoms with Gasteiger partial charge < -0.3 is 30.7 Å². The van der Waals surface area contributed by atoms with Crippen LogP contribution in [0.4, 0.5) is 14.4 Å². The number of nitrogens with one attached hydrogen (secondary N) is 4. The largest absolute Gasteiger partial charge is 0.446 e. The van der Waals surface area contributed by atoms with E-state index in [1.54, 1.807) is 7.05 Å². The summed E-state index contributed by atoms with van der Waals surface area (Å²) in [5, 5.41) is 12.2. The Morgan fingerprint density at radius 3 is 1.29 bits per heavy atom. The quantitative estimate of drug-likeness (QED) is 0.208. The highest BCUT2D eigenvalue weighted by Gasteiger charge is 2.31. The molecule has 5 aliphatic rings. The summed E-state index contributed by atoms with van der Waals surface area (Å²) < 4.78 is 11.3. The van der Waals surface area contributed by atoms with Gasteiger partial charge in [-0.3, -0.25) is 0 Å². The number of alkyl carbamates (subject to hydrolysis) is 2. The Labute approximate surface area is 271 Å². The number of amides is 4. The Morgan fingerprint density at radius 2 is 0.844 bits per heavy atom. The lowest BCUT2D eigenvalue weighted by molar-refractivity contribution is 0.0474. The summed E-state index contributed by atoms with van der Waals surface area (Å²) in [7, 11) is 1.61. The van der Waals surface area contributed by atoms with Gasteiger partial charge in [-0.25, -0.2) is 14.4 Å². The number of carbonyl (C=O) groups excluding carboxylic acids is 3. The summed E-state index contributed by atoms with van der Waals surface area (Å²) in [6.45, 7) is 0. The molecule has 0 spiro atoms. The fraction of sp³-hybridized carbons (Fsp3) is 0.917. The zero-order valence-corrected chi connectivity index (χ0v) is 28.0. The van der Waals surface area contributed by atoms with Gasteiger partial charge >= 0.3 is 18.2 Å². The minimum absolute atomic E-state index is 0.0450. The number of hydrogen-bond acceptors (Lipinski definition) is 5. The number of hydrogen-bond donors (Lipinski definition) is 4. The van der Waals surface area contributed by atoms with Gasteiger partial charge in [-0.2, -0.15) is 0 Å². The van der Waals surface area contributed by atoms with Crippen LogP contribution in [0.1, 0.15) is 148 Å². The summed E-state index contributed by atoms with van der Waals surface area (Å²) in [6.07, 6.45) is 25.8. The minimum Gasteiger partial charge on any atom is -0.446 e. The first-order chi connectivity index (χ1) is 21.9. The van der Waals surface area contributed by atoms with Crippen molar-refractivity contribution in [1.82, 2.24) is 21.3 Å². The van der Waals surface area contributed by atoms with Crippen LogP contribution >= 0.6 is 0 Å². The molecule has 5 fully saturated rings. The second kappa shape index (κ2) is 17.7. The van der Waals surface area contributed by atoms with Crippen molar-refractivity contribution in [3.63, 3.8) is 0 Å². The van der Waals surface area contributed by atoms with E-state index in [1.807, 2.05) is 0 Å². The Bertz CT molecular complexity index is 910. The molecule has 0 heterocycles. The van der Waals surface area contributed by atoms with Gasteiger partial charge in [0.25, 0.3) is 0 Å². The second-order valence-corrected chi connectivity index (χ2v) is 15.3. The second-order valence-electron chi connectivity index (χ2n) is 15.3. The SMILES string of the molecule is CNC(=O)OC1CCC(CC2CCC(OC(=O)NC3CCC(CC4CCC(NC(=O)NC5CCCCC5)CC4)CC3)CC2)CC1. The molecule has 9 heteroatoms. The average molecular weight is 631 g/mol. The van der Waals surface area contributed by atoms with Crippen LogP contribution in [-0.4, -0.2) is 55.6 Å². The third-order valence-corrected chi connectivity index (χ3v) is 12.0. The highest BCUT2D eigenvalue weighted by molar-refractivity contribution is 5.74. The summed E-state index contributed by atoms with van der Waals surface area (Å²) in [5.74, 6) is 2.99. The average Bonchev–Trinajstić information content (AvgIpc) is 3.05. The fourth-order valence-electron chi connectivity index (χ4n) is 9.22. The van der Waals surface area contributed by atoms with Gasteiger partial charge in [-0.1, -0.05) is 19.3 Å². The van der Waals surface area contributed by atoms with E-state index in [0.717, 1.165) is 114 Å². The fourth-order valence-corrected chi connectivity index (χ4v) is 9.22. The topological polar surface area (TPSA) is 118 Å². The van der Waals surface area contributed by atoms with Crippen LogP contribution in [0.15, 0.2) is 0 Å². The number of ether oxygens (including phenoxy) is 2. The molecule has 0 radical (unpaired) electrons. The molecule has 0 bridgehead atoms. The molecule has 0 aromatic rings. The van der Waals surface area contributed by atoms with Gasteiger partial charge in [0.05, 0.1) is 0 Å². The van der Waals surface area contributed by atoms with Crippen molar-refractivity contribution in [1.29, 1.82) is 0 Å². The molecule has 0 aromatic heterocycles. The third-order valence-electron chi connectivity index (χ3n) is 12.0. The molecule has 256 valence electrons. The molecule has 5 rings (SSSR count). The van der Waals surface area contributed by atoms with Crippen molar-refractivity contribution in [2.45, 2.75) is 178 Å². The van der Waals surface area contributed by atoms with Crippen LogP contribution < -0.4 is 21.3 Å². The molecular weight excluding hydrogens is 568 g/mol. The summed E-state index contributed by atoms with van der Waals surface area (Å²) in [4.78, 5) is 36.6. The van der Waals surface area contributed by atoms with Crippen LogP contribution in [0.3, 0.4) is 0 Å². The molecular formula is C36H62N4O5. The Morgan fingerprint density at radius 1 is 0.467 bits per heavy atom. The molecule has 5 saturated carbocycles. The van der Waals surface area contributed by atoms with Gasteiger partial charge in [0.2, 0.25) is 0 Å². The zero-order valence-electron chi connectivity index (χ0n) is 28.0. The van der Waals surface area contributed by atoms with Crippen LogP contribution in [0.25, 0.3) is 0 Å². The van der Waals surface area contributed by atoms with Crippen molar-refractivity contribution in [3.05, 3.63) is 0 Å². The van der Waals surface area contributed by atoms with Crippen LogP contribution in [0.5, 0.6) is 0 Å². The number of carbonyl (C=O) groups is 3. The number of rotatable bonds is 9. The molecule has 45 heavy (non-hydrogen) atoms. The minimum atomic E-state index is -0.316. The van der Waals surface area contributed by atoms with Gasteiger partial charge in [-0.05, 0) is 152 Å². The van der Waals surface area contributed by atoms with E-state index >= 15 is 0 Å². The summed E-state index contributed by atoms with van der Waals surface area (Å²) in [5.41, 5.74) is 0. The predicted molar refractivity (Wildman–Crippen MR) is 176 cm³/mol. The monoisotopic (exact) mass is 630 g/mol. The lowest BCUT2D eigenvalue weighted by atomic mass is 9.75. The molecule has 0 aliphatic heterocycles. The molecule has 0 unspecified atom stereocenters. The lowest BCUT2D eigenvalue weighted by Crippen LogP contribution is -2.47. The smallest absolute Gasteiger partial charge is 0.407 e.